The van der Waals surface area contributed by atoms with Crippen LogP contribution in [0.2, 0.25) is 0 Å². The smallest absolute Gasteiger partial charge is 0.325 e. The van der Waals surface area contributed by atoms with Crippen LogP contribution < -0.4 is 10.5 Å². The number of nitrogens with zero attached hydrogens (tertiary/aromatic N) is 1. The molecule has 6 nitrogen and oxygen atoms in total. The van der Waals surface area contributed by atoms with Gasteiger partial charge in [0.1, 0.15) is 17.3 Å². The van der Waals surface area contributed by atoms with E-state index >= 15 is 0 Å². The molecule has 0 aliphatic carbocycles. The number of benzene rings is 1. The van der Waals surface area contributed by atoms with Crippen molar-refractivity contribution in [1.82, 2.24) is 4.90 Å². The fourth-order valence-electron chi connectivity index (χ4n) is 1.32. The van der Waals surface area contributed by atoms with Gasteiger partial charge in [-0.05, 0) is 24.3 Å². The Labute approximate surface area is 122 Å². The van der Waals surface area contributed by atoms with Crippen molar-refractivity contribution in [3.05, 3.63) is 29.8 Å². The van der Waals surface area contributed by atoms with Crippen LogP contribution in [0.15, 0.2) is 24.3 Å². The number of esters is 1. The van der Waals surface area contributed by atoms with Crippen molar-refractivity contribution in [1.29, 1.82) is 0 Å². The van der Waals surface area contributed by atoms with Crippen molar-refractivity contribution in [2.24, 2.45) is 5.73 Å². The number of rotatable bonds is 6. The zero-order valence-corrected chi connectivity index (χ0v) is 12.1. The van der Waals surface area contributed by atoms with E-state index in [1.807, 2.05) is 0 Å². The van der Waals surface area contributed by atoms with E-state index in [0.717, 1.165) is 5.56 Å². The Balaban J connectivity index is 2.48. The number of hydrogen-bond donors (Lipinski definition) is 1. The molecule has 0 spiro atoms. The van der Waals surface area contributed by atoms with E-state index in [1.54, 1.807) is 24.3 Å². The van der Waals surface area contributed by atoms with Gasteiger partial charge in [-0.15, -0.1) is 0 Å². The van der Waals surface area contributed by atoms with Crippen LogP contribution in [-0.4, -0.2) is 49.1 Å². The average Bonchev–Trinajstić information content (AvgIpc) is 2.44. The Morgan fingerprint density at radius 2 is 1.90 bits per heavy atom. The summed E-state index contributed by atoms with van der Waals surface area (Å²) in [6.07, 6.45) is 0. The molecule has 0 aliphatic heterocycles. The summed E-state index contributed by atoms with van der Waals surface area (Å²) in [7, 11) is 2.76. The predicted molar refractivity (Wildman–Crippen MR) is 77.5 cm³/mol. The number of nitrogens with two attached hydrogens (primary N) is 1. The van der Waals surface area contributed by atoms with Crippen molar-refractivity contribution < 1.29 is 19.1 Å². The molecule has 0 heterocycles. The summed E-state index contributed by atoms with van der Waals surface area (Å²) in [5.41, 5.74) is 6.19. The van der Waals surface area contributed by atoms with Gasteiger partial charge in [-0.1, -0.05) is 12.2 Å². The zero-order chi connectivity index (χ0) is 15.1. The first-order chi connectivity index (χ1) is 9.43. The van der Waals surface area contributed by atoms with E-state index in [1.165, 1.54) is 19.1 Å². The molecule has 20 heavy (non-hydrogen) atoms. The number of methoxy groups -OCH3 is 1. The Hall–Kier alpha value is -2.15. The highest BCUT2D eigenvalue weighted by Crippen LogP contribution is 2.12. The fraction of sp³-hybridized carbons (Fsp3) is 0.308. The van der Waals surface area contributed by atoms with E-state index in [4.69, 9.17) is 22.7 Å². The molecule has 0 radical (unpaired) electrons. The van der Waals surface area contributed by atoms with E-state index in [-0.39, 0.29) is 19.1 Å². The topological polar surface area (TPSA) is 81.9 Å². The number of amides is 1. The molecule has 1 aromatic rings. The Bertz CT molecular complexity index is 502. The van der Waals surface area contributed by atoms with Crippen LogP contribution >= 0.6 is 12.2 Å². The van der Waals surface area contributed by atoms with Gasteiger partial charge in [0.2, 0.25) is 0 Å². The summed E-state index contributed by atoms with van der Waals surface area (Å²) in [4.78, 5) is 24.2. The second-order valence-electron chi connectivity index (χ2n) is 4.00. The first-order valence-corrected chi connectivity index (χ1v) is 6.18. The highest BCUT2D eigenvalue weighted by atomic mass is 32.1. The number of hydrogen-bond acceptors (Lipinski definition) is 5. The lowest BCUT2D eigenvalue weighted by molar-refractivity contribution is -0.146. The van der Waals surface area contributed by atoms with Crippen LogP contribution in [0.5, 0.6) is 5.75 Å². The lowest BCUT2D eigenvalue weighted by atomic mass is 10.2. The maximum Gasteiger partial charge on any atom is 0.325 e. The Morgan fingerprint density at radius 1 is 1.30 bits per heavy atom. The zero-order valence-electron chi connectivity index (χ0n) is 11.3. The van der Waals surface area contributed by atoms with Crippen LogP contribution in [0, 0.1) is 0 Å². The monoisotopic (exact) mass is 296 g/mol. The summed E-state index contributed by atoms with van der Waals surface area (Å²) in [5.74, 6) is -0.291. The molecule has 0 saturated carbocycles. The van der Waals surface area contributed by atoms with Gasteiger partial charge in [0.15, 0.2) is 6.61 Å². The average molecular weight is 296 g/mol. The molecular weight excluding hydrogens is 280 g/mol. The maximum atomic E-state index is 11.7. The van der Waals surface area contributed by atoms with Crippen molar-refractivity contribution in [2.45, 2.75) is 0 Å². The van der Waals surface area contributed by atoms with E-state index < -0.39 is 5.97 Å². The second kappa shape index (κ2) is 7.44. The number of likely N-dealkylation sites (N-methyl/N-ethyl adjacent to an activating group) is 1. The highest BCUT2D eigenvalue weighted by Gasteiger charge is 2.13. The number of carbonyl (C=O) groups excluding carboxylic acids is 2. The maximum absolute atomic E-state index is 11.7. The molecule has 0 bridgehead atoms. The largest absolute Gasteiger partial charge is 0.484 e. The molecule has 0 atom stereocenters. The standard InChI is InChI=1S/C13H16N2O4S/c1-15(7-12(17)18-2)11(16)8-19-10-5-3-9(4-6-10)13(14)20/h3-6H,7-8H2,1-2H3,(H2,14,20). The Morgan fingerprint density at radius 3 is 2.40 bits per heavy atom. The first kappa shape index (κ1) is 15.9. The second-order valence-corrected chi connectivity index (χ2v) is 4.44. The van der Waals surface area contributed by atoms with E-state index in [2.05, 4.69) is 4.74 Å². The van der Waals surface area contributed by atoms with Gasteiger partial charge in [-0.3, -0.25) is 9.59 Å². The molecule has 1 amide bonds. The SMILES string of the molecule is COC(=O)CN(C)C(=O)COc1ccc(C(N)=S)cc1. The molecule has 0 fully saturated rings. The van der Waals surface area contributed by atoms with Gasteiger partial charge in [0.05, 0.1) is 7.11 Å². The molecule has 108 valence electrons. The summed E-state index contributed by atoms with van der Waals surface area (Å²) in [6, 6.07) is 6.75. The van der Waals surface area contributed by atoms with E-state index in [9.17, 15) is 9.59 Å². The molecule has 0 aliphatic rings. The van der Waals surface area contributed by atoms with Gasteiger partial charge in [-0.25, -0.2) is 0 Å². The third-order valence-corrected chi connectivity index (χ3v) is 2.76. The van der Waals surface area contributed by atoms with Crippen molar-refractivity contribution >= 4 is 29.1 Å². The van der Waals surface area contributed by atoms with Gasteiger partial charge in [0.25, 0.3) is 5.91 Å². The Kier molecular flexibility index (Phi) is 5.92. The van der Waals surface area contributed by atoms with Crippen molar-refractivity contribution in [3.8, 4) is 5.75 Å². The van der Waals surface area contributed by atoms with Crippen LogP contribution in [0.4, 0.5) is 0 Å². The minimum Gasteiger partial charge on any atom is -0.484 e. The van der Waals surface area contributed by atoms with Gasteiger partial charge < -0.3 is 20.1 Å². The van der Waals surface area contributed by atoms with Gasteiger partial charge in [-0.2, -0.15) is 0 Å². The number of ether oxygens (including phenoxy) is 2. The quantitative estimate of drug-likeness (QED) is 0.602. The third-order valence-electron chi connectivity index (χ3n) is 2.52. The van der Waals surface area contributed by atoms with Crippen LogP contribution in [0.25, 0.3) is 0 Å². The molecule has 0 saturated heterocycles. The number of carbonyl (C=O) groups is 2. The van der Waals surface area contributed by atoms with Gasteiger partial charge in [0, 0.05) is 12.6 Å². The molecule has 1 rings (SSSR count). The highest BCUT2D eigenvalue weighted by molar-refractivity contribution is 7.80. The van der Waals surface area contributed by atoms with Crippen LogP contribution in [0.1, 0.15) is 5.56 Å². The summed E-state index contributed by atoms with van der Waals surface area (Å²) in [6.45, 7) is -0.279. The molecule has 2 N–H and O–H groups in total. The summed E-state index contributed by atoms with van der Waals surface area (Å²) in [5, 5.41) is 0. The molecule has 7 heteroatoms. The molecule has 0 unspecified atom stereocenters. The van der Waals surface area contributed by atoms with Crippen LogP contribution in [0.3, 0.4) is 0 Å². The molecule has 0 aromatic heterocycles. The van der Waals surface area contributed by atoms with Gasteiger partial charge >= 0.3 is 5.97 Å². The first-order valence-electron chi connectivity index (χ1n) is 5.77. The minimum atomic E-state index is -0.485. The minimum absolute atomic E-state index is 0.112. The predicted octanol–water partition coefficient (Wildman–Crippen LogP) is 0.331. The normalized spacial score (nSPS) is 9.70. The fourth-order valence-corrected chi connectivity index (χ4v) is 1.45. The molecule has 1 aromatic carbocycles. The summed E-state index contributed by atoms with van der Waals surface area (Å²) >= 11 is 4.83. The summed E-state index contributed by atoms with van der Waals surface area (Å²) < 4.78 is 9.78. The van der Waals surface area contributed by atoms with Crippen molar-refractivity contribution in [2.75, 3.05) is 27.3 Å². The van der Waals surface area contributed by atoms with Crippen LogP contribution in [-0.2, 0) is 14.3 Å². The molecular formula is C13H16N2O4S. The third kappa shape index (κ3) is 4.85. The lowest BCUT2D eigenvalue weighted by Crippen LogP contribution is -2.35. The van der Waals surface area contributed by atoms with E-state index in [0.29, 0.717) is 10.7 Å². The number of thiocarbonyl (C=S) groups is 1. The van der Waals surface area contributed by atoms with Crippen molar-refractivity contribution in [3.63, 3.8) is 0 Å². The lowest BCUT2D eigenvalue weighted by Gasteiger charge is -2.15.